The van der Waals surface area contributed by atoms with Gasteiger partial charge in [0.05, 0.1) is 5.69 Å². The van der Waals surface area contributed by atoms with Crippen molar-refractivity contribution in [3.63, 3.8) is 0 Å². The molecule has 0 atom stereocenters. The van der Waals surface area contributed by atoms with Crippen molar-refractivity contribution in [3.05, 3.63) is 76.8 Å². The molecule has 1 amide bonds. The summed E-state index contributed by atoms with van der Waals surface area (Å²) in [5.74, 6) is 0.494. The molecule has 2 aromatic carbocycles. The van der Waals surface area contributed by atoms with Crippen LogP contribution in [0.4, 0.5) is 5.13 Å². The van der Waals surface area contributed by atoms with Crippen LogP contribution >= 0.6 is 11.3 Å². The number of hydrogen-bond acceptors (Lipinski definition) is 5. The van der Waals surface area contributed by atoms with E-state index in [1.807, 2.05) is 36.4 Å². The molecule has 0 saturated heterocycles. The van der Waals surface area contributed by atoms with Crippen molar-refractivity contribution in [1.29, 1.82) is 0 Å². The minimum atomic E-state index is -0.189. The van der Waals surface area contributed by atoms with Crippen LogP contribution in [0, 0.1) is 0 Å². The Morgan fingerprint density at radius 1 is 1.11 bits per heavy atom. The highest BCUT2D eigenvalue weighted by atomic mass is 32.1. The lowest BCUT2D eigenvalue weighted by atomic mass is 10.1. The maximum Gasteiger partial charge on any atom is 0.264 e. The largest absolute Gasteiger partial charge is 0.484 e. The highest BCUT2D eigenvalue weighted by Crippen LogP contribution is 2.29. The molecule has 1 aromatic heterocycles. The zero-order chi connectivity index (χ0) is 18.5. The molecule has 0 radical (unpaired) electrons. The van der Waals surface area contributed by atoms with E-state index in [1.54, 1.807) is 11.3 Å². The maximum atomic E-state index is 12.1. The molecule has 4 rings (SSSR count). The van der Waals surface area contributed by atoms with Gasteiger partial charge in [0.2, 0.25) is 0 Å². The first kappa shape index (κ1) is 17.7. The summed E-state index contributed by atoms with van der Waals surface area (Å²) in [6.07, 6.45) is 0.912. The lowest BCUT2D eigenvalue weighted by molar-refractivity contribution is -0.118. The standard InChI is InChI=1S/C21H21N3O2S/c25-20(15-26-17-9-5-2-6-10-17)23-21-22-18-11-12-24(14-19(18)27-21)13-16-7-3-1-4-8-16/h1-10H,11-15H2,(H,22,23,25). The Morgan fingerprint density at radius 3 is 2.63 bits per heavy atom. The summed E-state index contributed by atoms with van der Waals surface area (Å²) < 4.78 is 5.48. The molecule has 0 saturated carbocycles. The summed E-state index contributed by atoms with van der Waals surface area (Å²) in [7, 11) is 0. The molecule has 1 aliphatic rings. The van der Waals surface area contributed by atoms with Crippen molar-refractivity contribution in [2.24, 2.45) is 0 Å². The fraction of sp³-hybridized carbons (Fsp3) is 0.238. The van der Waals surface area contributed by atoms with Crippen molar-refractivity contribution in [2.45, 2.75) is 19.5 Å². The molecule has 1 N–H and O–H groups in total. The highest BCUT2D eigenvalue weighted by molar-refractivity contribution is 7.15. The first-order chi connectivity index (χ1) is 13.3. The Hall–Kier alpha value is -2.70. The van der Waals surface area contributed by atoms with Gasteiger partial charge in [-0.1, -0.05) is 48.5 Å². The number of nitrogens with one attached hydrogen (secondary N) is 1. The summed E-state index contributed by atoms with van der Waals surface area (Å²) in [6.45, 7) is 2.77. The predicted octanol–water partition coefficient (Wildman–Crippen LogP) is 3.72. The molecule has 6 heteroatoms. The predicted molar refractivity (Wildman–Crippen MR) is 107 cm³/mol. The minimum absolute atomic E-state index is 0.0195. The van der Waals surface area contributed by atoms with Crippen LogP contribution in [0.3, 0.4) is 0 Å². The molecule has 3 aromatic rings. The van der Waals surface area contributed by atoms with Crippen molar-refractivity contribution >= 4 is 22.4 Å². The van der Waals surface area contributed by atoms with Gasteiger partial charge in [-0.15, -0.1) is 11.3 Å². The molecule has 0 bridgehead atoms. The number of carbonyl (C=O) groups is 1. The van der Waals surface area contributed by atoms with Gasteiger partial charge >= 0.3 is 0 Å². The SMILES string of the molecule is O=C(COc1ccccc1)Nc1nc2c(s1)CN(Cc1ccccc1)CC2. The van der Waals surface area contributed by atoms with Gasteiger partial charge in [-0.2, -0.15) is 0 Å². The van der Waals surface area contributed by atoms with Crippen molar-refractivity contribution < 1.29 is 9.53 Å². The number of amides is 1. The summed E-state index contributed by atoms with van der Waals surface area (Å²) in [4.78, 5) is 20.4. The minimum Gasteiger partial charge on any atom is -0.484 e. The fourth-order valence-electron chi connectivity index (χ4n) is 3.10. The number of thiazole rings is 1. The third-order valence-corrected chi connectivity index (χ3v) is 5.42. The lowest BCUT2D eigenvalue weighted by Crippen LogP contribution is -2.29. The molecule has 1 aliphatic heterocycles. The number of carbonyl (C=O) groups excluding carboxylic acids is 1. The molecular formula is C21H21N3O2S. The summed E-state index contributed by atoms with van der Waals surface area (Å²) >= 11 is 1.56. The van der Waals surface area contributed by atoms with Gasteiger partial charge < -0.3 is 4.74 Å². The number of fused-ring (bicyclic) bond motifs is 1. The van der Waals surface area contributed by atoms with E-state index in [9.17, 15) is 4.79 Å². The second-order valence-corrected chi connectivity index (χ2v) is 7.57. The second kappa shape index (κ2) is 8.33. The average molecular weight is 379 g/mol. The van der Waals surface area contributed by atoms with Crippen LogP contribution in [0.15, 0.2) is 60.7 Å². The molecule has 0 aliphatic carbocycles. The zero-order valence-electron chi connectivity index (χ0n) is 14.9. The smallest absolute Gasteiger partial charge is 0.264 e. The summed E-state index contributed by atoms with van der Waals surface area (Å²) in [5.41, 5.74) is 2.42. The van der Waals surface area contributed by atoms with Gasteiger partial charge in [0.15, 0.2) is 11.7 Å². The van der Waals surface area contributed by atoms with E-state index >= 15 is 0 Å². The summed E-state index contributed by atoms with van der Waals surface area (Å²) in [5, 5.41) is 3.51. The maximum absolute atomic E-state index is 12.1. The van der Waals surface area contributed by atoms with Crippen LogP contribution in [-0.4, -0.2) is 28.9 Å². The summed E-state index contributed by atoms with van der Waals surface area (Å²) in [6, 6.07) is 19.8. The van der Waals surface area contributed by atoms with E-state index in [2.05, 4.69) is 39.5 Å². The van der Waals surface area contributed by atoms with Crippen LogP contribution in [0.2, 0.25) is 0 Å². The van der Waals surface area contributed by atoms with E-state index in [4.69, 9.17) is 4.74 Å². The van der Waals surface area contributed by atoms with E-state index in [0.29, 0.717) is 10.9 Å². The number of nitrogens with zero attached hydrogens (tertiary/aromatic N) is 2. The van der Waals surface area contributed by atoms with Gasteiger partial charge in [-0.3, -0.25) is 15.0 Å². The number of aromatic nitrogens is 1. The van der Waals surface area contributed by atoms with Gasteiger partial charge in [-0.25, -0.2) is 4.98 Å². The molecule has 138 valence electrons. The third kappa shape index (κ3) is 4.72. The van der Waals surface area contributed by atoms with E-state index < -0.39 is 0 Å². The van der Waals surface area contributed by atoms with Gasteiger partial charge in [0.1, 0.15) is 5.75 Å². The van der Waals surface area contributed by atoms with Gasteiger partial charge in [0, 0.05) is 30.9 Å². The second-order valence-electron chi connectivity index (χ2n) is 6.49. The first-order valence-corrected chi connectivity index (χ1v) is 9.80. The lowest BCUT2D eigenvalue weighted by Gasteiger charge is -2.25. The Labute approximate surface area is 162 Å². The molecule has 0 spiro atoms. The Kier molecular flexibility index (Phi) is 5.46. The first-order valence-electron chi connectivity index (χ1n) is 8.99. The topological polar surface area (TPSA) is 54.5 Å². The third-order valence-electron chi connectivity index (χ3n) is 4.42. The highest BCUT2D eigenvalue weighted by Gasteiger charge is 2.21. The van der Waals surface area contributed by atoms with Crippen molar-refractivity contribution in [3.8, 4) is 5.75 Å². The molecular weight excluding hydrogens is 358 g/mol. The number of anilines is 1. The molecule has 2 heterocycles. The van der Waals surface area contributed by atoms with Crippen LogP contribution in [0.1, 0.15) is 16.1 Å². The van der Waals surface area contributed by atoms with Crippen LogP contribution in [0.25, 0.3) is 0 Å². The van der Waals surface area contributed by atoms with Gasteiger partial charge in [-0.05, 0) is 17.7 Å². The number of ether oxygens (including phenoxy) is 1. The number of hydrogen-bond donors (Lipinski definition) is 1. The van der Waals surface area contributed by atoms with Crippen molar-refractivity contribution in [2.75, 3.05) is 18.5 Å². The molecule has 0 fully saturated rings. The zero-order valence-corrected chi connectivity index (χ0v) is 15.7. The van der Waals surface area contributed by atoms with Crippen LogP contribution in [0.5, 0.6) is 5.75 Å². The normalized spacial score (nSPS) is 13.8. The fourth-order valence-corrected chi connectivity index (χ4v) is 4.17. The number of benzene rings is 2. The molecule has 27 heavy (non-hydrogen) atoms. The average Bonchev–Trinajstić information content (AvgIpc) is 3.09. The number of rotatable bonds is 6. The monoisotopic (exact) mass is 379 g/mol. The Morgan fingerprint density at radius 2 is 1.85 bits per heavy atom. The Bertz CT molecular complexity index is 896. The molecule has 5 nitrogen and oxygen atoms in total. The van der Waals surface area contributed by atoms with E-state index in [0.717, 1.165) is 31.7 Å². The molecule has 0 unspecified atom stereocenters. The number of para-hydroxylation sites is 1. The van der Waals surface area contributed by atoms with E-state index in [1.165, 1.54) is 10.4 Å². The Balaban J connectivity index is 1.32. The quantitative estimate of drug-likeness (QED) is 0.709. The van der Waals surface area contributed by atoms with Gasteiger partial charge in [0.25, 0.3) is 5.91 Å². The van der Waals surface area contributed by atoms with Crippen molar-refractivity contribution in [1.82, 2.24) is 9.88 Å². The van der Waals surface area contributed by atoms with Crippen LogP contribution in [-0.2, 0) is 24.3 Å². The van der Waals surface area contributed by atoms with E-state index in [-0.39, 0.29) is 12.5 Å². The van der Waals surface area contributed by atoms with Crippen LogP contribution < -0.4 is 10.1 Å².